The van der Waals surface area contributed by atoms with Crippen molar-refractivity contribution in [3.63, 3.8) is 0 Å². The van der Waals surface area contributed by atoms with Crippen LogP contribution in [0.15, 0.2) is 24.3 Å². The molecule has 1 unspecified atom stereocenters. The van der Waals surface area contributed by atoms with E-state index in [1.165, 1.54) is 24.3 Å². The van der Waals surface area contributed by atoms with Crippen LogP contribution in [0.5, 0.6) is 5.75 Å². The number of hydrogen-bond donors (Lipinski definition) is 1. The number of carbonyl (C=O) groups is 2. The molecule has 1 heterocycles. The molecule has 0 bridgehead atoms. The van der Waals surface area contributed by atoms with E-state index in [0.29, 0.717) is 25.2 Å². The Hall–Kier alpha value is -2.45. The number of amides is 2. The third-order valence-electron chi connectivity index (χ3n) is 4.57. The van der Waals surface area contributed by atoms with E-state index >= 15 is 0 Å². The van der Waals surface area contributed by atoms with Gasteiger partial charge in [-0.3, -0.25) is 4.79 Å². The molecule has 1 atom stereocenters. The van der Waals surface area contributed by atoms with Crippen LogP contribution in [0.4, 0.5) is 18.0 Å². The Bertz CT molecular complexity index is 714. The average Bonchev–Trinajstić information content (AvgIpc) is 2.61. The van der Waals surface area contributed by atoms with Gasteiger partial charge in [0.2, 0.25) is 5.91 Å². The van der Waals surface area contributed by atoms with Crippen molar-refractivity contribution in [2.75, 3.05) is 19.6 Å². The smallest absolute Gasteiger partial charge is 0.444 e. The highest BCUT2D eigenvalue weighted by molar-refractivity contribution is 5.78. The molecule has 168 valence electrons. The summed E-state index contributed by atoms with van der Waals surface area (Å²) in [6.45, 7) is 7.24. The number of rotatable bonds is 6. The summed E-state index contributed by atoms with van der Waals surface area (Å²) >= 11 is 0. The van der Waals surface area contributed by atoms with Gasteiger partial charge >= 0.3 is 12.5 Å². The van der Waals surface area contributed by atoms with Crippen LogP contribution >= 0.6 is 0 Å². The molecule has 2 rings (SSSR count). The standard InChI is InChI=1S/C21H29F3N2O4/c1-20(2,3)30-19(28)26-12-4-5-16(14-26)10-11-25-18(27)13-15-6-8-17(9-7-15)29-21(22,23)24/h6-9,16H,4-5,10-14H2,1-3H3,(H,25,27). The molecule has 30 heavy (non-hydrogen) atoms. The van der Waals surface area contributed by atoms with Gasteiger partial charge in [0.25, 0.3) is 0 Å². The van der Waals surface area contributed by atoms with Crippen molar-refractivity contribution in [3.05, 3.63) is 29.8 Å². The van der Waals surface area contributed by atoms with Crippen LogP contribution in [0.1, 0.15) is 45.6 Å². The van der Waals surface area contributed by atoms with E-state index in [1.54, 1.807) is 4.90 Å². The lowest BCUT2D eigenvalue weighted by Crippen LogP contribution is -2.43. The number of nitrogens with zero attached hydrogens (tertiary/aromatic N) is 1. The van der Waals surface area contributed by atoms with Crippen LogP contribution < -0.4 is 10.1 Å². The van der Waals surface area contributed by atoms with Crippen LogP contribution in [0, 0.1) is 5.92 Å². The SMILES string of the molecule is CC(C)(C)OC(=O)N1CCCC(CCNC(=O)Cc2ccc(OC(F)(F)F)cc2)C1. The fourth-order valence-electron chi connectivity index (χ4n) is 3.27. The molecule has 1 aromatic rings. The summed E-state index contributed by atoms with van der Waals surface area (Å²) < 4.78 is 45.7. The molecule has 1 aliphatic rings. The Kier molecular flexibility index (Phi) is 7.97. The summed E-state index contributed by atoms with van der Waals surface area (Å²) in [6.07, 6.45) is -2.37. The Morgan fingerprint density at radius 1 is 1.17 bits per heavy atom. The summed E-state index contributed by atoms with van der Waals surface area (Å²) in [4.78, 5) is 26.0. The number of hydrogen-bond acceptors (Lipinski definition) is 4. The lowest BCUT2D eigenvalue weighted by molar-refractivity contribution is -0.274. The fraction of sp³-hybridized carbons (Fsp3) is 0.619. The van der Waals surface area contributed by atoms with Gasteiger partial charge in [-0.2, -0.15) is 0 Å². The molecule has 0 saturated carbocycles. The van der Waals surface area contributed by atoms with Gasteiger partial charge in [0, 0.05) is 19.6 Å². The number of benzene rings is 1. The van der Waals surface area contributed by atoms with Crippen LogP contribution in [0.25, 0.3) is 0 Å². The van der Waals surface area contributed by atoms with Crippen molar-refractivity contribution in [1.82, 2.24) is 10.2 Å². The van der Waals surface area contributed by atoms with Crippen molar-refractivity contribution in [2.24, 2.45) is 5.92 Å². The number of likely N-dealkylation sites (tertiary alicyclic amines) is 1. The second-order valence-electron chi connectivity index (χ2n) is 8.44. The van der Waals surface area contributed by atoms with Crippen molar-refractivity contribution in [3.8, 4) is 5.75 Å². The first kappa shape index (κ1) is 23.8. The molecule has 9 heteroatoms. The number of nitrogens with one attached hydrogen (secondary N) is 1. The average molecular weight is 430 g/mol. The normalized spacial score (nSPS) is 17.4. The lowest BCUT2D eigenvalue weighted by Gasteiger charge is -2.34. The summed E-state index contributed by atoms with van der Waals surface area (Å²) in [5.41, 5.74) is 0.0607. The maximum atomic E-state index is 12.2. The first-order chi connectivity index (χ1) is 13.9. The molecule has 0 aliphatic carbocycles. The topological polar surface area (TPSA) is 67.9 Å². The van der Waals surface area contributed by atoms with Gasteiger partial charge in [0.05, 0.1) is 6.42 Å². The first-order valence-electron chi connectivity index (χ1n) is 10.0. The number of halogens is 3. The molecule has 2 amide bonds. The zero-order valence-electron chi connectivity index (χ0n) is 17.6. The van der Waals surface area contributed by atoms with Gasteiger partial charge in [-0.05, 0) is 63.6 Å². The third kappa shape index (κ3) is 8.92. The van der Waals surface area contributed by atoms with E-state index < -0.39 is 12.0 Å². The second-order valence-corrected chi connectivity index (χ2v) is 8.44. The molecule has 6 nitrogen and oxygen atoms in total. The molecule has 0 aromatic heterocycles. The molecule has 1 aliphatic heterocycles. The molecular weight excluding hydrogens is 401 g/mol. The number of carbonyl (C=O) groups excluding carboxylic acids is 2. The van der Waals surface area contributed by atoms with Gasteiger partial charge in [0.1, 0.15) is 11.4 Å². The largest absolute Gasteiger partial charge is 0.573 e. The fourth-order valence-corrected chi connectivity index (χ4v) is 3.27. The van der Waals surface area contributed by atoms with E-state index in [4.69, 9.17) is 4.74 Å². The maximum Gasteiger partial charge on any atom is 0.573 e. The maximum absolute atomic E-state index is 12.2. The number of ether oxygens (including phenoxy) is 2. The summed E-state index contributed by atoms with van der Waals surface area (Å²) in [6, 6.07) is 5.23. The van der Waals surface area contributed by atoms with Gasteiger partial charge in [-0.25, -0.2) is 4.79 Å². The Morgan fingerprint density at radius 2 is 1.83 bits per heavy atom. The number of alkyl halides is 3. The quantitative estimate of drug-likeness (QED) is 0.732. The third-order valence-corrected chi connectivity index (χ3v) is 4.57. The molecule has 1 aromatic carbocycles. The minimum atomic E-state index is -4.74. The molecule has 0 radical (unpaired) electrons. The minimum Gasteiger partial charge on any atom is -0.444 e. The monoisotopic (exact) mass is 430 g/mol. The van der Waals surface area contributed by atoms with Crippen LogP contribution in [-0.2, 0) is 16.0 Å². The van der Waals surface area contributed by atoms with Crippen molar-refractivity contribution in [2.45, 2.75) is 58.4 Å². The Labute approximate surface area is 174 Å². The van der Waals surface area contributed by atoms with E-state index in [2.05, 4.69) is 10.1 Å². The Balaban J connectivity index is 1.72. The van der Waals surface area contributed by atoms with Crippen LogP contribution in [-0.4, -0.2) is 48.5 Å². The van der Waals surface area contributed by atoms with Gasteiger partial charge < -0.3 is 19.7 Å². The van der Waals surface area contributed by atoms with Crippen molar-refractivity contribution < 1.29 is 32.2 Å². The second kappa shape index (κ2) is 10.0. The van der Waals surface area contributed by atoms with Gasteiger partial charge in [-0.1, -0.05) is 12.1 Å². The highest BCUT2D eigenvalue weighted by atomic mass is 19.4. The molecule has 1 fully saturated rings. The summed E-state index contributed by atoms with van der Waals surface area (Å²) in [5.74, 6) is -0.247. The van der Waals surface area contributed by atoms with E-state index in [1.807, 2.05) is 20.8 Å². The summed E-state index contributed by atoms with van der Waals surface area (Å²) in [5, 5.41) is 2.83. The van der Waals surface area contributed by atoms with Crippen LogP contribution in [0.3, 0.4) is 0 Å². The molecule has 1 saturated heterocycles. The highest BCUT2D eigenvalue weighted by Crippen LogP contribution is 2.23. The van der Waals surface area contributed by atoms with Gasteiger partial charge in [-0.15, -0.1) is 13.2 Å². The predicted molar refractivity (Wildman–Crippen MR) is 105 cm³/mol. The van der Waals surface area contributed by atoms with Crippen molar-refractivity contribution in [1.29, 1.82) is 0 Å². The molecular formula is C21H29F3N2O4. The lowest BCUT2D eigenvalue weighted by atomic mass is 9.95. The first-order valence-corrected chi connectivity index (χ1v) is 10.0. The van der Waals surface area contributed by atoms with E-state index in [0.717, 1.165) is 19.3 Å². The van der Waals surface area contributed by atoms with Crippen LogP contribution in [0.2, 0.25) is 0 Å². The van der Waals surface area contributed by atoms with E-state index in [9.17, 15) is 22.8 Å². The molecule has 1 N–H and O–H groups in total. The van der Waals surface area contributed by atoms with Crippen molar-refractivity contribution >= 4 is 12.0 Å². The van der Waals surface area contributed by atoms with Gasteiger partial charge in [0.15, 0.2) is 0 Å². The highest BCUT2D eigenvalue weighted by Gasteiger charge is 2.31. The van der Waals surface area contributed by atoms with E-state index in [-0.39, 0.29) is 30.1 Å². The number of piperidine rings is 1. The summed E-state index contributed by atoms with van der Waals surface area (Å²) in [7, 11) is 0. The predicted octanol–water partition coefficient (Wildman–Crippen LogP) is 4.28. The molecule has 0 spiro atoms. The Morgan fingerprint density at radius 3 is 2.43 bits per heavy atom. The minimum absolute atomic E-state index is 0.0704. The zero-order chi connectivity index (χ0) is 22.4. The zero-order valence-corrected chi connectivity index (χ0v) is 17.6.